The first-order valence-corrected chi connectivity index (χ1v) is 8.47. The van der Waals surface area contributed by atoms with Gasteiger partial charge in [-0.25, -0.2) is 0 Å². The van der Waals surface area contributed by atoms with E-state index in [0.29, 0.717) is 16.3 Å². The Morgan fingerprint density at radius 1 is 1.15 bits per heavy atom. The number of phenolic OH excluding ortho intramolecular Hbond substituents is 1. The average molecular weight is 397 g/mol. The molecule has 26 heavy (non-hydrogen) atoms. The van der Waals surface area contributed by atoms with Gasteiger partial charge in [0, 0.05) is 22.7 Å². The van der Waals surface area contributed by atoms with Crippen LogP contribution in [-0.4, -0.2) is 21.5 Å². The number of hydrogen-bond donors (Lipinski definition) is 1. The fourth-order valence-corrected chi connectivity index (χ4v) is 3.04. The lowest BCUT2D eigenvalue weighted by Gasteiger charge is -2.36. The van der Waals surface area contributed by atoms with E-state index in [1.54, 1.807) is 27.7 Å². The number of rotatable bonds is 3. The van der Waals surface area contributed by atoms with E-state index in [2.05, 4.69) is 0 Å². The molecule has 6 nitrogen and oxygen atoms in total. The van der Waals surface area contributed by atoms with Gasteiger partial charge in [-0.1, -0.05) is 23.2 Å². The Bertz CT molecular complexity index is 891. The second-order valence-corrected chi connectivity index (χ2v) is 7.59. The molecule has 2 rings (SSSR count). The van der Waals surface area contributed by atoms with Crippen LogP contribution in [0.1, 0.15) is 36.7 Å². The molecular formula is C18H18Cl2N2O4. The van der Waals surface area contributed by atoms with Crippen LogP contribution in [-0.2, 0) is 0 Å². The summed E-state index contributed by atoms with van der Waals surface area (Å²) in [5.74, 6) is -0.713. The van der Waals surface area contributed by atoms with Gasteiger partial charge in [0.25, 0.3) is 11.6 Å². The van der Waals surface area contributed by atoms with Crippen molar-refractivity contribution in [3.8, 4) is 5.75 Å². The fourth-order valence-electron chi connectivity index (χ4n) is 2.62. The van der Waals surface area contributed by atoms with Crippen molar-refractivity contribution in [2.24, 2.45) is 0 Å². The maximum atomic E-state index is 13.3. The summed E-state index contributed by atoms with van der Waals surface area (Å²) in [6.45, 7) is 7.01. The summed E-state index contributed by atoms with van der Waals surface area (Å²) in [6, 6.07) is 6.73. The lowest BCUT2D eigenvalue weighted by Crippen LogP contribution is -2.46. The van der Waals surface area contributed by atoms with Crippen LogP contribution < -0.4 is 4.90 Å². The summed E-state index contributed by atoms with van der Waals surface area (Å²) in [7, 11) is 0. The summed E-state index contributed by atoms with van der Waals surface area (Å²) >= 11 is 12.3. The second kappa shape index (κ2) is 7.13. The van der Waals surface area contributed by atoms with Crippen molar-refractivity contribution in [3.05, 3.63) is 61.6 Å². The van der Waals surface area contributed by atoms with Gasteiger partial charge in [0.2, 0.25) is 0 Å². The monoisotopic (exact) mass is 396 g/mol. The molecule has 0 saturated heterocycles. The molecule has 138 valence electrons. The Kier molecular flexibility index (Phi) is 5.49. The van der Waals surface area contributed by atoms with Crippen molar-refractivity contribution in [3.63, 3.8) is 0 Å². The van der Waals surface area contributed by atoms with Gasteiger partial charge in [0.1, 0.15) is 5.75 Å². The Morgan fingerprint density at radius 2 is 1.77 bits per heavy atom. The summed E-state index contributed by atoms with van der Waals surface area (Å²) in [6.07, 6.45) is 0. The molecule has 0 heterocycles. The third-order valence-electron chi connectivity index (χ3n) is 3.85. The van der Waals surface area contributed by atoms with E-state index in [9.17, 15) is 20.0 Å². The highest BCUT2D eigenvalue weighted by Crippen LogP contribution is 2.37. The smallest absolute Gasteiger partial charge is 0.271 e. The van der Waals surface area contributed by atoms with Gasteiger partial charge in [0.05, 0.1) is 21.2 Å². The van der Waals surface area contributed by atoms with Crippen molar-refractivity contribution in [1.82, 2.24) is 0 Å². The summed E-state index contributed by atoms with van der Waals surface area (Å²) in [5.41, 5.74) is -0.112. The van der Waals surface area contributed by atoms with Gasteiger partial charge >= 0.3 is 0 Å². The minimum atomic E-state index is -0.724. The van der Waals surface area contributed by atoms with Crippen LogP contribution in [0.25, 0.3) is 0 Å². The number of phenols is 1. The molecular weight excluding hydrogens is 379 g/mol. The molecule has 0 aromatic heterocycles. The lowest BCUT2D eigenvalue weighted by atomic mass is 9.99. The van der Waals surface area contributed by atoms with Crippen LogP contribution >= 0.6 is 23.2 Å². The average Bonchev–Trinajstić information content (AvgIpc) is 2.51. The number of carbonyl (C=O) groups is 1. The number of benzene rings is 2. The maximum Gasteiger partial charge on any atom is 0.271 e. The Labute approximate surface area is 161 Å². The molecule has 1 N–H and O–H groups in total. The third-order valence-corrected chi connectivity index (χ3v) is 4.56. The highest BCUT2D eigenvalue weighted by molar-refractivity contribution is 6.35. The van der Waals surface area contributed by atoms with Gasteiger partial charge in [-0.3, -0.25) is 14.9 Å². The van der Waals surface area contributed by atoms with Gasteiger partial charge in [-0.15, -0.1) is 0 Å². The van der Waals surface area contributed by atoms with E-state index in [1.165, 1.54) is 35.2 Å². The molecule has 0 aliphatic carbocycles. The zero-order valence-electron chi connectivity index (χ0n) is 14.7. The SMILES string of the molecule is Cc1c(Cl)ccc(O)c1C(=O)N(c1ccc([N+](=O)[O-])cc1Cl)C(C)(C)C. The molecule has 0 atom stereocenters. The van der Waals surface area contributed by atoms with Crippen LogP contribution in [0.5, 0.6) is 5.75 Å². The number of carbonyl (C=O) groups excluding carboxylic acids is 1. The van der Waals surface area contributed by atoms with Gasteiger partial charge in [-0.05, 0) is 51.5 Å². The lowest BCUT2D eigenvalue weighted by molar-refractivity contribution is -0.384. The molecule has 0 bridgehead atoms. The number of amides is 1. The van der Waals surface area contributed by atoms with Gasteiger partial charge in [-0.2, -0.15) is 0 Å². The van der Waals surface area contributed by atoms with Crippen LogP contribution in [0.3, 0.4) is 0 Å². The largest absolute Gasteiger partial charge is 0.507 e. The maximum absolute atomic E-state index is 13.3. The number of anilines is 1. The number of nitrogens with zero attached hydrogens (tertiary/aromatic N) is 2. The summed E-state index contributed by atoms with van der Waals surface area (Å²) in [5, 5.41) is 21.5. The molecule has 2 aromatic rings. The van der Waals surface area contributed by atoms with Crippen LogP contribution in [0.4, 0.5) is 11.4 Å². The molecule has 0 saturated carbocycles. The van der Waals surface area contributed by atoms with Crippen molar-refractivity contribution in [2.45, 2.75) is 33.2 Å². The minimum absolute atomic E-state index is 0.0571. The molecule has 1 amide bonds. The van der Waals surface area contributed by atoms with E-state index in [1.807, 2.05) is 0 Å². The van der Waals surface area contributed by atoms with Crippen molar-refractivity contribution < 1.29 is 14.8 Å². The van der Waals surface area contributed by atoms with Crippen LogP contribution in [0.15, 0.2) is 30.3 Å². The zero-order chi connectivity index (χ0) is 19.8. The van der Waals surface area contributed by atoms with Gasteiger partial charge < -0.3 is 10.0 Å². The third kappa shape index (κ3) is 3.76. The standard InChI is InChI=1S/C18H18Cl2N2O4/c1-10-12(19)6-8-15(23)16(10)17(24)21(18(2,3)4)14-7-5-11(22(25)26)9-13(14)20/h5-9,23H,1-4H3. The Morgan fingerprint density at radius 3 is 2.27 bits per heavy atom. The zero-order valence-corrected chi connectivity index (χ0v) is 16.2. The van der Waals surface area contributed by atoms with Crippen molar-refractivity contribution >= 4 is 40.5 Å². The molecule has 8 heteroatoms. The molecule has 0 radical (unpaired) electrons. The second-order valence-electron chi connectivity index (χ2n) is 6.77. The highest BCUT2D eigenvalue weighted by Gasteiger charge is 2.33. The fraction of sp³-hybridized carbons (Fsp3) is 0.278. The van der Waals surface area contributed by atoms with E-state index in [4.69, 9.17) is 23.2 Å². The molecule has 0 unspecified atom stereocenters. The topological polar surface area (TPSA) is 83.7 Å². The summed E-state index contributed by atoms with van der Waals surface area (Å²) in [4.78, 5) is 25.0. The van der Waals surface area contributed by atoms with Crippen LogP contribution in [0, 0.1) is 17.0 Å². The molecule has 0 fully saturated rings. The molecule has 0 aliphatic heterocycles. The quantitative estimate of drug-likeness (QED) is 0.558. The highest BCUT2D eigenvalue weighted by atomic mass is 35.5. The Hall–Kier alpha value is -2.31. The number of nitro groups is 1. The predicted octanol–water partition coefficient (Wildman–Crippen LogP) is 5.36. The Balaban J connectivity index is 2.66. The number of aromatic hydroxyl groups is 1. The molecule has 2 aromatic carbocycles. The number of nitro benzene ring substituents is 1. The minimum Gasteiger partial charge on any atom is -0.507 e. The van der Waals surface area contributed by atoms with E-state index >= 15 is 0 Å². The molecule has 0 spiro atoms. The number of hydrogen-bond acceptors (Lipinski definition) is 4. The number of non-ortho nitro benzene ring substituents is 1. The van der Waals surface area contributed by atoms with Gasteiger partial charge in [0.15, 0.2) is 0 Å². The summed E-state index contributed by atoms with van der Waals surface area (Å²) < 4.78 is 0. The predicted molar refractivity (Wildman–Crippen MR) is 103 cm³/mol. The normalized spacial score (nSPS) is 11.3. The van der Waals surface area contributed by atoms with Crippen molar-refractivity contribution in [2.75, 3.05) is 4.90 Å². The van der Waals surface area contributed by atoms with E-state index < -0.39 is 16.4 Å². The van der Waals surface area contributed by atoms with E-state index in [-0.39, 0.29) is 22.0 Å². The van der Waals surface area contributed by atoms with Crippen molar-refractivity contribution in [1.29, 1.82) is 0 Å². The first-order valence-electron chi connectivity index (χ1n) is 7.71. The van der Waals surface area contributed by atoms with E-state index in [0.717, 1.165) is 0 Å². The first kappa shape index (κ1) is 20.0. The first-order chi connectivity index (χ1) is 11.9. The number of halogens is 2. The molecule has 0 aliphatic rings. The van der Waals surface area contributed by atoms with Crippen LogP contribution in [0.2, 0.25) is 10.0 Å².